The quantitative estimate of drug-likeness (QED) is 0.763. The minimum absolute atomic E-state index is 0.803. The summed E-state index contributed by atoms with van der Waals surface area (Å²) in [5.41, 5.74) is 0. The van der Waals surface area contributed by atoms with Crippen LogP contribution in [0.3, 0.4) is 0 Å². The number of nitrogens with zero attached hydrogens (tertiary/aromatic N) is 2. The molecule has 2 heterocycles. The second-order valence-electron chi connectivity index (χ2n) is 4.94. The second kappa shape index (κ2) is 3.87. The Bertz CT molecular complexity index is 325. The van der Waals surface area contributed by atoms with Crippen LogP contribution in [0.4, 0.5) is 5.82 Å². The highest BCUT2D eigenvalue weighted by atomic mass is 15.3. The van der Waals surface area contributed by atoms with Crippen molar-refractivity contribution < 1.29 is 0 Å². The molecule has 3 rings (SSSR count). The number of fused-ring (bicyclic) bond motifs is 1. The van der Waals surface area contributed by atoms with Crippen molar-refractivity contribution in [2.75, 3.05) is 11.9 Å². The summed E-state index contributed by atoms with van der Waals surface area (Å²) in [6, 6.07) is 2.07. The van der Waals surface area contributed by atoms with E-state index in [9.17, 15) is 0 Å². The summed E-state index contributed by atoms with van der Waals surface area (Å²) in [6.45, 7) is 2.27. The van der Waals surface area contributed by atoms with Gasteiger partial charge >= 0.3 is 0 Å². The molecule has 0 aromatic carbocycles. The minimum Gasteiger partial charge on any atom is -0.370 e. The highest BCUT2D eigenvalue weighted by Crippen LogP contribution is 2.33. The van der Waals surface area contributed by atoms with Crippen LogP contribution >= 0.6 is 0 Å². The smallest absolute Gasteiger partial charge is 0.124 e. The van der Waals surface area contributed by atoms with Crippen molar-refractivity contribution in [2.45, 2.75) is 38.6 Å². The van der Waals surface area contributed by atoms with Crippen molar-refractivity contribution in [3.05, 3.63) is 12.3 Å². The molecule has 3 nitrogen and oxygen atoms in total. The molecule has 1 atom stereocenters. The van der Waals surface area contributed by atoms with E-state index in [0.29, 0.717) is 0 Å². The number of hydrogen-bond donors (Lipinski definition) is 1. The maximum Gasteiger partial charge on any atom is 0.124 e. The molecule has 1 aliphatic carbocycles. The Morgan fingerprint density at radius 3 is 2.93 bits per heavy atom. The Hall–Kier alpha value is -0.990. The van der Waals surface area contributed by atoms with E-state index in [4.69, 9.17) is 0 Å². The van der Waals surface area contributed by atoms with Crippen molar-refractivity contribution in [2.24, 2.45) is 11.8 Å². The molecule has 0 amide bonds. The fourth-order valence-electron chi connectivity index (χ4n) is 3.07. The molecule has 3 heteroatoms. The van der Waals surface area contributed by atoms with Crippen LogP contribution in [-0.2, 0) is 6.54 Å². The van der Waals surface area contributed by atoms with Crippen LogP contribution in [0, 0.1) is 11.8 Å². The van der Waals surface area contributed by atoms with Crippen LogP contribution in [0.25, 0.3) is 0 Å². The van der Waals surface area contributed by atoms with E-state index in [1.165, 1.54) is 37.9 Å². The Balaban J connectivity index is 1.69. The lowest BCUT2D eigenvalue weighted by Crippen LogP contribution is -2.33. The summed E-state index contributed by atoms with van der Waals surface area (Å²) in [5.74, 6) is 2.93. The molecule has 1 saturated carbocycles. The van der Waals surface area contributed by atoms with Crippen LogP contribution in [0.5, 0.6) is 0 Å². The van der Waals surface area contributed by atoms with Gasteiger partial charge in [0.1, 0.15) is 5.82 Å². The van der Waals surface area contributed by atoms with E-state index in [-0.39, 0.29) is 0 Å². The zero-order valence-electron chi connectivity index (χ0n) is 9.15. The lowest BCUT2D eigenvalue weighted by molar-refractivity contribution is 0.221. The largest absolute Gasteiger partial charge is 0.370 e. The molecule has 1 aromatic rings. The van der Waals surface area contributed by atoms with Crippen molar-refractivity contribution in [3.63, 3.8) is 0 Å². The van der Waals surface area contributed by atoms with Crippen LogP contribution < -0.4 is 5.32 Å². The van der Waals surface area contributed by atoms with Crippen LogP contribution in [0.1, 0.15) is 32.1 Å². The molecule has 1 fully saturated rings. The third-order valence-electron chi connectivity index (χ3n) is 3.99. The zero-order valence-corrected chi connectivity index (χ0v) is 9.15. The maximum absolute atomic E-state index is 4.36. The number of anilines is 1. The molecule has 1 N–H and O–H groups in total. The van der Waals surface area contributed by atoms with Crippen LogP contribution in [0.15, 0.2) is 12.3 Å². The zero-order chi connectivity index (χ0) is 10.1. The molecule has 0 bridgehead atoms. The minimum atomic E-state index is 0.803. The lowest BCUT2D eigenvalue weighted by Gasteiger charge is -2.33. The van der Waals surface area contributed by atoms with Crippen molar-refractivity contribution in [1.29, 1.82) is 0 Å². The van der Waals surface area contributed by atoms with Crippen LogP contribution in [0.2, 0.25) is 0 Å². The molecular formula is C12H19N3. The predicted octanol–water partition coefficient (Wildman–Crippen LogP) is 2.51. The topological polar surface area (TPSA) is 29.9 Å². The summed E-state index contributed by atoms with van der Waals surface area (Å²) in [4.78, 5) is 0. The molecule has 1 unspecified atom stereocenters. The van der Waals surface area contributed by atoms with E-state index in [1.54, 1.807) is 0 Å². The maximum atomic E-state index is 4.36. The fraction of sp³-hybridized carbons (Fsp3) is 0.750. The van der Waals surface area contributed by atoms with Gasteiger partial charge < -0.3 is 5.32 Å². The lowest BCUT2D eigenvalue weighted by atomic mass is 9.79. The third kappa shape index (κ3) is 1.75. The van der Waals surface area contributed by atoms with Gasteiger partial charge in [-0.05, 0) is 11.8 Å². The molecular weight excluding hydrogens is 186 g/mol. The van der Waals surface area contributed by atoms with E-state index < -0.39 is 0 Å². The number of nitrogens with one attached hydrogen (secondary N) is 1. The van der Waals surface area contributed by atoms with Gasteiger partial charge in [-0.15, -0.1) is 0 Å². The van der Waals surface area contributed by atoms with E-state index in [1.807, 2.05) is 6.20 Å². The first-order valence-corrected chi connectivity index (χ1v) is 6.19. The van der Waals surface area contributed by atoms with Gasteiger partial charge in [-0.2, -0.15) is 5.10 Å². The monoisotopic (exact) mass is 205 g/mol. The van der Waals surface area contributed by atoms with E-state index in [2.05, 4.69) is 21.2 Å². The number of aromatic nitrogens is 2. The predicted molar refractivity (Wildman–Crippen MR) is 60.8 cm³/mol. The van der Waals surface area contributed by atoms with Gasteiger partial charge in [-0.3, -0.25) is 0 Å². The third-order valence-corrected chi connectivity index (χ3v) is 3.99. The van der Waals surface area contributed by atoms with E-state index >= 15 is 0 Å². The Labute approximate surface area is 90.9 Å². The van der Waals surface area contributed by atoms with Gasteiger partial charge in [0.05, 0.1) is 6.20 Å². The van der Waals surface area contributed by atoms with Gasteiger partial charge in [0.25, 0.3) is 0 Å². The molecule has 15 heavy (non-hydrogen) atoms. The molecule has 1 aliphatic heterocycles. The molecule has 0 saturated heterocycles. The summed E-state index contributed by atoms with van der Waals surface area (Å²) in [6.07, 6.45) is 9.08. The Kier molecular flexibility index (Phi) is 2.39. The SMILES string of the molecule is c1cc2n(n1)CC(C1CCCCC1)CN2. The van der Waals surface area contributed by atoms with Crippen LogP contribution in [-0.4, -0.2) is 16.3 Å². The summed E-state index contributed by atoms with van der Waals surface area (Å²) < 4.78 is 2.13. The van der Waals surface area contributed by atoms with E-state index in [0.717, 1.165) is 24.9 Å². The number of rotatable bonds is 1. The van der Waals surface area contributed by atoms with Gasteiger partial charge in [0, 0.05) is 19.2 Å². The average molecular weight is 205 g/mol. The first-order chi connectivity index (χ1) is 7.43. The standard InChI is InChI=1S/C12H19N3/c1-2-4-10(5-3-1)11-8-13-12-6-7-14-15(12)9-11/h6-7,10-11,13H,1-5,8-9H2. The average Bonchev–Trinajstić information content (AvgIpc) is 2.77. The van der Waals surface area contributed by atoms with Gasteiger partial charge in [0.15, 0.2) is 0 Å². The van der Waals surface area contributed by atoms with Crippen molar-refractivity contribution in [1.82, 2.24) is 9.78 Å². The summed E-state index contributed by atoms with van der Waals surface area (Å²) >= 11 is 0. The molecule has 1 aromatic heterocycles. The molecule has 2 aliphatic rings. The summed E-state index contributed by atoms with van der Waals surface area (Å²) in [5, 5.41) is 7.85. The van der Waals surface area contributed by atoms with Gasteiger partial charge in [0.2, 0.25) is 0 Å². The highest BCUT2D eigenvalue weighted by Gasteiger charge is 2.27. The summed E-state index contributed by atoms with van der Waals surface area (Å²) in [7, 11) is 0. The molecule has 0 spiro atoms. The molecule has 82 valence electrons. The van der Waals surface area contributed by atoms with Gasteiger partial charge in [-0.1, -0.05) is 32.1 Å². The fourth-order valence-corrected chi connectivity index (χ4v) is 3.07. The molecule has 0 radical (unpaired) electrons. The first kappa shape index (κ1) is 9.25. The highest BCUT2D eigenvalue weighted by molar-refractivity contribution is 5.35. The number of hydrogen-bond acceptors (Lipinski definition) is 2. The van der Waals surface area contributed by atoms with Crippen molar-refractivity contribution in [3.8, 4) is 0 Å². The first-order valence-electron chi connectivity index (χ1n) is 6.19. The Morgan fingerprint density at radius 2 is 2.07 bits per heavy atom. The van der Waals surface area contributed by atoms with Gasteiger partial charge in [-0.25, -0.2) is 4.68 Å². The Morgan fingerprint density at radius 1 is 1.20 bits per heavy atom. The second-order valence-corrected chi connectivity index (χ2v) is 4.94. The normalized spacial score (nSPS) is 27.1. The van der Waals surface area contributed by atoms with Crippen molar-refractivity contribution >= 4 is 5.82 Å².